The van der Waals surface area contributed by atoms with Crippen molar-refractivity contribution in [1.29, 1.82) is 0 Å². The minimum atomic E-state index is -4.60. The first kappa shape index (κ1) is 18.6. The largest absolute Gasteiger partial charge is 0.418 e. The van der Waals surface area contributed by atoms with Crippen LogP contribution in [0.1, 0.15) is 21.7 Å². The second-order valence-corrected chi connectivity index (χ2v) is 5.56. The van der Waals surface area contributed by atoms with Gasteiger partial charge < -0.3 is 10.1 Å². The Balaban J connectivity index is 1.96. The minimum Gasteiger partial charge on any atom is -0.378 e. The first-order valence-corrected chi connectivity index (χ1v) is 7.88. The maximum atomic E-state index is 13.1. The van der Waals surface area contributed by atoms with E-state index in [0.717, 1.165) is 6.07 Å². The zero-order chi connectivity index (χ0) is 19.4. The van der Waals surface area contributed by atoms with Gasteiger partial charge in [0.05, 0.1) is 23.5 Å². The monoisotopic (exact) mass is 376 g/mol. The molecule has 6 nitrogen and oxygen atoms in total. The summed E-state index contributed by atoms with van der Waals surface area (Å²) >= 11 is 0. The van der Waals surface area contributed by atoms with Gasteiger partial charge in [-0.2, -0.15) is 13.2 Å². The Labute approximate surface area is 152 Å². The van der Waals surface area contributed by atoms with Gasteiger partial charge in [-0.25, -0.2) is 4.68 Å². The molecular weight excluding hydrogens is 361 g/mol. The van der Waals surface area contributed by atoms with E-state index in [0.29, 0.717) is 11.4 Å². The van der Waals surface area contributed by atoms with Crippen molar-refractivity contribution < 1.29 is 22.7 Å². The number of para-hydroxylation sites is 2. The molecule has 9 heteroatoms. The molecule has 0 bridgehead atoms. The van der Waals surface area contributed by atoms with Crippen molar-refractivity contribution in [3.05, 3.63) is 71.5 Å². The number of hydrogen-bond acceptors (Lipinski definition) is 4. The Morgan fingerprint density at radius 3 is 2.44 bits per heavy atom. The Morgan fingerprint density at radius 1 is 1.11 bits per heavy atom. The van der Waals surface area contributed by atoms with E-state index < -0.39 is 17.6 Å². The molecule has 1 amide bonds. The lowest BCUT2D eigenvalue weighted by Crippen LogP contribution is -2.19. The normalized spacial score (nSPS) is 11.4. The third-order valence-corrected chi connectivity index (χ3v) is 3.74. The van der Waals surface area contributed by atoms with Gasteiger partial charge in [0.1, 0.15) is 5.69 Å². The number of ether oxygens (including phenoxy) is 1. The number of methoxy groups -OCH3 is 1. The number of aromatic nitrogens is 3. The minimum absolute atomic E-state index is 0.00552. The number of halogens is 3. The highest BCUT2D eigenvalue weighted by Gasteiger charge is 2.34. The summed E-state index contributed by atoms with van der Waals surface area (Å²) in [6.45, 7) is 0.00552. The lowest BCUT2D eigenvalue weighted by Gasteiger charge is -2.13. The summed E-state index contributed by atoms with van der Waals surface area (Å²) in [5, 5.41) is 10.0. The molecule has 0 radical (unpaired) electrons. The highest BCUT2D eigenvalue weighted by molar-refractivity contribution is 6.04. The van der Waals surface area contributed by atoms with E-state index in [2.05, 4.69) is 15.6 Å². The van der Waals surface area contributed by atoms with Crippen molar-refractivity contribution in [2.24, 2.45) is 0 Å². The molecule has 1 heterocycles. The molecule has 1 aromatic heterocycles. The van der Waals surface area contributed by atoms with Crippen molar-refractivity contribution in [3.8, 4) is 5.69 Å². The molecule has 27 heavy (non-hydrogen) atoms. The maximum absolute atomic E-state index is 13.1. The number of benzene rings is 2. The molecule has 0 unspecified atom stereocenters. The second-order valence-electron chi connectivity index (χ2n) is 5.56. The molecular formula is C18H15F3N4O2. The third kappa shape index (κ3) is 3.98. The van der Waals surface area contributed by atoms with Crippen LogP contribution in [0.3, 0.4) is 0 Å². The van der Waals surface area contributed by atoms with Gasteiger partial charge in [0, 0.05) is 7.11 Å². The predicted molar refractivity (Wildman–Crippen MR) is 91.5 cm³/mol. The van der Waals surface area contributed by atoms with E-state index in [4.69, 9.17) is 4.74 Å². The number of rotatable bonds is 5. The molecule has 1 N–H and O–H groups in total. The molecule has 0 saturated heterocycles. The molecule has 0 aliphatic rings. The molecule has 3 aromatic rings. The van der Waals surface area contributed by atoms with Crippen LogP contribution >= 0.6 is 0 Å². The molecule has 0 aliphatic carbocycles. The summed E-state index contributed by atoms with van der Waals surface area (Å²) in [7, 11) is 1.43. The van der Waals surface area contributed by atoms with Crippen molar-refractivity contribution >= 4 is 11.6 Å². The third-order valence-electron chi connectivity index (χ3n) is 3.74. The standard InChI is InChI=1S/C18H15F3N4O2/c1-27-11-15-16(23-24-25(15)12-7-3-2-4-8-12)17(26)22-14-10-6-5-9-13(14)18(19,20)21/h2-10H,11H2,1H3,(H,22,26). The molecule has 0 aliphatic heterocycles. The van der Waals surface area contributed by atoms with Gasteiger partial charge in [0.15, 0.2) is 5.69 Å². The van der Waals surface area contributed by atoms with Crippen molar-refractivity contribution in [2.75, 3.05) is 12.4 Å². The van der Waals surface area contributed by atoms with Crippen LogP contribution in [0.15, 0.2) is 54.6 Å². The van der Waals surface area contributed by atoms with Gasteiger partial charge in [0.2, 0.25) is 0 Å². The van der Waals surface area contributed by atoms with Crippen LogP contribution in [-0.4, -0.2) is 28.0 Å². The molecule has 2 aromatic carbocycles. The van der Waals surface area contributed by atoms with Gasteiger partial charge in [0.25, 0.3) is 5.91 Å². The summed E-state index contributed by atoms with van der Waals surface area (Å²) in [4.78, 5) is 12.6. The number of nitrogens with zero attached hydrogens (tertiary/aromatic N) is 3. The number of hydrogen-bond donors (Lipinski definition) is 1. The van der Waals surface area contributed by atoms with Crippen LogP contribution < -0.4 is 5.32 Å². The Bertz CT molecular complexity index is 939. The second kappa shape index (κ2) is 7.58. The molecule has 0 spiro atoms. The number of alkyl halides is 3. The van der Waals surface area contributed by atoms with Crippen molar-refractivity contribution in [1.82, 2.24) is 15.0 Å². The van der Waals surface area contributed by atoms with E-state index in [1.807, 2.05) is 6.07 Å². The molecule has 3 rings (SSSR count). The molecule has 140 valence electrons. The number of amides is 1. The smallest absolute Gasteiger partial charge is 0.378 e. The molecule has 0 saturated carbocycles. The highest BCUT2D eigenvalue weighted by atomic mass is 19.4. The summed E-state index contributed by atoms with van der Waals surface area (Å²) < 4.78 is 45.9. The SMILES string of the molecule is COCc1c(C(=O)Nc2ccccc2C(F)(F)F)nnn1-c1ccccc1. The first-order chi connectivity index (χ1) is 12.9. The fraction of sp³-hybridized carbons (Fsp3) is 0.167. The van der Waals surface area contributed by atoms with Crippen LogP contribution in [0.25, 0.3) is 5.69 Å². The topological polar surface area (TPSA) is 69.0 Å². The number of carbonyl (C=O) groups excluding carboxylic acids is 1. The molecule has 0 fully saturated rings. The Hall–Kier alpha value is -3.20. The van der Waals surface area contributed by atoms with Gasteiger partial charge in [-0.3, -0.25) is 4.79 Å². The zero-order valence-corrected chi connectivity index (χ0v) is 14.2. The van der Waals surface area contributed by atoms with Crippen LogP contribution in [0.5, 0.6) is 0 Å². The Kier molecular flexibility index (Phi) is 5.22. The van der Waals surface area contributed by atoms with E-state index in [9.17, 15) is 18.0 Å². The van der Waals surface area contributed by atoms with Crippen molar-refractivity contribution in [2.45, 2.75) is 12.8 Å². The maximum Gasteiger partial charge on any atom is 0.418 e. The Morgan fingerprint density at radius 2 is 1.78 bits per heavy atom. The summed E-state index contributed by atoms with van der Waals surface area (Å²) in [5.41, 5.74) is -0.440. The van der Waals surface area contributed by atoms with Gasteiger partial charge in [-0.1, -0.05) is 35.5 Å². The average Bonchev–Trinajstić information content (AvgIpc) is 3.06. The lowest BCUT2D eigenvalue weighted by atomic mass is 10.1. The van der Waals surface area contributed by atoms with Crippen LogP contribution in [-0.2, 0) is 17.5 Å². The summed E-state index contributed by atoms with van der Waals surface area (Å²) in [5.74, 6) is -0.805. The number of carbonyl (C=O) groups is 1. The van der Waals surface area contributed by atoms with Crippen LogP contribution in [0.2, 0.25) is 0 Å². The van der Waals surface area contributed by atoms with Gasteiger partial charge >= 0.3 is 6.18 Å². The predicted octanol–water partition coefficient (Wildman–Crippen LogP) is 3.68. The van der Waals surface area contributed by atoms with Crippen molar-refractivity contribution in [3.63, 3.8) is 0 Å². The lowest BCUT2D eigenvalue weighted by molar-refractivity contribution is -0.136. The van der Waals surface area contributed by atoms with Crippen LogP contribution in [0, 0.1) is 0 Å². The molecule has 0 atom stereocenters. The average molecular weight is 376 g/mol. The fourth-order valence-corrected chi connectivity index (χ4v) is 2.54. The van der Waals surface area contributed by atoms with E-state index in [-0.39, 0.29) is 18.0 Å². The number of nitrogens with one attached hydrogen (secondary N) is 1. The van der Waals surface area contributed by atoms with Crippen LogP contribution in [0.4, 0.5) is 18.9 Å². The summed E-state index contributed by atoms with van der Waals surface area (Å²) in [6, 6.07) is 13.6. The van der Waals surface area contributed by atoms with E-state index in [1.54, 1.807) is 24.3 Å². The first-order valence-electron chi connectivity index (χ1n) is 7.88. The zero-order valence-electron chi connectivity index (χ0n) is 14.2. The summed E-state index contributed by atoms with van der Waals surface area (Å²) in [6.07, 6.45) is -4.60. The quantitative estimate of drug-likeness (QED) is 0.738. The highest BCUT2D eigenvalue weighted by Crippen LogP contribution is 2.34. The number of anilines is 1. The van der Waals surface area contributed by atoms with Gasteiger partial charge in [-0.15, -0.1) is 5.10 Å². The van der Waals surface area contributed by atoms with Gasteiger partial charge in [-0.05, 0) is 24.3 Å². The van der Waals surface area contributed by atoms with E-state index in [1.165, 1.54) is 30.0 Å². The van der Waals surface area contributed by atoms with E-state index >= 15 is 0 Å². The fourth-order valence-electron chi connectivity index (χ4n) is 2.54.